The van der Waals surface area contributed by atoms with Crippen LogP contribution in [0.5, 0.6) is 0 Å². The van der Waals surface area contributed by atoms with Crippen LogP contribution in [0.4, 0.5) is 8.78 Å². The Bertz CT molecular complexity index is 707. The molecule has 0 unspecified atom stereocenters. The molecule has 0 N–H and O–H groups in total. The molecule has 1 aromatic heterocycles. The van der Waals surface area contributed by atoms with E-state index in [1.165, 1.54) is 4.68 Å². The van der Waals surface area contributed by atoms with Crippen molar-refractivity contribution in [3.05, 3.63) is 47.5 Å². The van der Waals surface area contributed by atoms with Gasteiger partial charge in [0, 0.05) is 12.3 Å². The zero-order valence-electron chi connectivity index (χ0n) is 11.2. The molecule has 4 nitrogen and oxygen atoms in total. The fourth-order valence-corrected chi connectivity index (χ4v) is 2.78. The number of carbonyl (C=O) groups excluding carboxylic acids is 1. The van der Waals surface area contributed by atoms with Crippen molar-refractivity contribution >= 4 is 5.78 Å². The lowest BCUT2D eigenvalue weighted by atomic mass is 10.0. The highest BCUT2D eigenvalue weighted by Gasteiger charge is 2.49. The summed E-state index contributed by atoms with van der Waals surface area (Å²) in [5.74, 6) is -3.78. The maximum Gasteiger partial charge on any atom is 0.308 e. The summed E-state index contributed by atoms with van der Waals surface area (Å²) in [6.45, 7) is 0. The Labute approximate surface area is 119 Å². The molecule has 2 heterocycles. The summed E-state index contributed by atoms with van der Waals surface area (Å²) in [5.41, 5.74) is 0.756. The fourth-order valence-electron chi connectivity index (χ4n) is 2.78. The lowest BCUT2D eigenvalue weighted by Crippen LogP contribution is -2.13. The van der Waals surface area contributed by atoms with Gasteiger partial charge in [0.2, 0.25) is 11.6 Å². The van der Waals surface area contributed by atoms with Crippen molar-refractivity contribution in [2.75, 3.05) is 0 Å². The van der Waals surface area contributed by atoms with Gasteiger partial charge in [-0.1, -0.05) is 30.3 Å². The van der Waals surface area contributed by atoms with Gasteiger partial charge in [0.25, 0.3) is 0 Å². The third-order valence-corrected chi connectivity index (χ3v) is 4.06. The van der Waals surface area contributed by atoms with Crippen molar-refractivity contribution in [1.29, 1.82) is 0 Å². The van der Waals surface area contributed by atoms with Gasteiger partial charge in [-0.05, 0) is 18.4 Å². The van der Waals surface area contributed by atoms with Crippen LogP contribution in [0.25, 0.3) is 0 Å². The molecule has 0 amide bonds. The van der Waals surface area contributed by atoms with E-state index in [-0.39, 0.29) is 29.8 Å². The molecular weight excluding hydrogens is 276 g/mol. The van der Waals surface area contributed by atoms with E-state index in [1.807, 2.05) is 6.07 Å². The summed E-state index contributed by atoms with van der Waals surface area (Å²) in [6.07, 6.45) is 1.26. The Morgan fingerprint density at radius 2 is 1.95 bits per heavy atom. The maximum absolute atomic E-state index is 14.1. The number of rotatable bonds is 3. The Morgan fingerprint density at radius 1 is 1.24 bits per heavy atom. The molecule has 0 radical (unpaired) electrons. The first-order valence-electron chi connectivity index (χ1n) is 7.00. The van der Waals surface area contributed by atoms with Gasteiger partial charge in [0.15, 0.2) is 5.82 Å². The minimum Gasteiger partial charge on any atom is -0.290 e. The number of Topliss-reactive ketones (excluding diaryl/α,β-unsaturated/α-hetero) is 1. The summed E-state index contributed by atoms with van der Waals surface area (Å²) in [6, 6.07) is 8.46. The van der Waals surface area contributed by atoms with Crippen molar-refractivity contribution in [3.8, 4) is 0 Å². The Morgan fingerprint density at radius 3 is 2.62 bits per heavy atom. The van der Waals surface area contributed by atoms with Crippen LogP contribution in [0.15, 0.2) is 30.3 Å². The van der Waals surface area contributed by atoms with E-state index in [0.717, 1.165) is 18.4 Å². The number of alkyl halides is 2. The van der Waals surface area contributed by atoms with Crippen molar-refractivity contribution < 1.29 is 13.6 Å². The van der Waals surface area contributed by atoms with E-state index in [9.17, 15) is 13.6 Å². The molecule has 0 saturated heterocycles. The summed E-state index contributed by atoms with van der Waals surface area (Å²) in [7, 11) is 0. The quantitative estimate of drug-likeness (QED) is 0.816. The zero-order chi connectivity index (χ0) is 14.6. The molecule has 1 aliphatic heterocycles. The number of fused-ring (bicyclic) bond motifs is 1. The lowest BCUT2D eigenvalue weighted by Gasteiger charge is -2.11. The van der Waals surface area contributed by atoms with Crippen molar-refractivity contribution in [3.63, 3.8) is 0 Å². The second kappa shape index (κ2) is 4.19. The molecular formula is C15H13F2N3O. The maximum atomic E-state index is 14.1. The smallest absolute Gasteiger partial charge is 0.290 e. The molecule has 1 atom stereocenters. The summed E-state index contributed by atoms with van der Waals surface area (Å²) in [4.78, 5) is 15.8. The number of carbonyl (C=O) groups is 1. The van der Waals surface area contributed by atoms with Crippen LogP contribution in [0.3, 0.4) is 0 Å². The van der Waals surface area contributed by atoms with Gasteiger partial charge in [-0.15, -0.1) is 5.10 Å². The molecule has 1 aliphatic carbocycles. The Balaban J connectivity index is 1.77. The Hall–Kier alpha value is -2.11. The van der Waals surface area contributed by atoms with Gasteiger partial charge in [0.1, 0.15) is 0 Å². The normalized spacial score (nSPS) is 23.0. The van der Waals surface area contributed by atoms with Crippen LogP contribution in [0.1, 0.15) is 47.3 Å². The first-order valence-corrected chi connectivity index (χ1v) is 7.00. The highest BCUT2D eigenvalue weighted by molar-refractivity contribution is 5.96. The summed E-state index contributed by atoms with van der Waals surface area (Å²) in [5, 5.41) is 4.08. The minimum atomic E-state index is -3.05. The Kier molecular flexibility index (Phi) is 2.52. The number of hydrogen-bond acceptors (Lipinski definition) is 3. The molecule has 2 aliphatic rings. The number of aromatic nitrogens is 3. The first kappa shape index (κ1) is 12.6. The first-order chi connectivity index (χ1) is 10.1. The van der Waals surface area contributed by atoms with Gasteiger partial charge < -0.3 is 0 Å². The van der Waals surface area contributed by atoms with Gasteiger partial charge in [0.05, 0.1) is 6.04 Å². The van der Waals surface area contributed by atoms with E-state index in [4.69, 9.17) is 0 Å². The number of hydrogen-bond donors (Lipinski definition) is 0. The van der Waals surface area contributed by atoms with Crippen LogP contribution in [-0.2, 0) is 5.92 Å². The molecule has 108 valence electrons. The van der Waals surface area contributed by atoms with E-state index in [2.05, 4.69) is 10.1 Å². The monoisotopic (exact) mass is 289 g/mol. The highest BCUT2D eigenvalue weighted by Crippen LogP contribution is 2.45. The van der Waals surface area contributed by atoms with E-state index < -0.39 is 12.0 Å². The molecule has 21 heavy (non-hydrogen) atoms. The zero-order valence-corrected chi connectivity index (χ0v) is 11.2. The lowest BCUT2D eigenvalue weighted by molar-refractivity contribution is -0.00883. The van der Waals surface area contributed by atoms with Crippen LogP contribution in [0, 0.1) is 5.92 Å². The van der Waals surface area contributed by atoms with Crippen LogP contribution in [-0.4, -0.2) is 20.5 Å². The number of halogens is 2. The largest absolute Gasteiger partial charge is 0.308 e. The summed E-state index contributed by atoms with van der Waals surface area (Å²) < 4.78 is 29.5. The van der Waals surface area contributed by atoms with Gasteiger partial charge in [-0.2, -0.15) is 8.78 Å². The third-order valence-electron chi connectivity index (χ3n) is 4.06. The topological polar surface area (TPSA) is 47.8 Å². The second-order valence-electron chi connectivity index (χ2n) is 5.68. The average molecular weight is 289 g/mol. The molecule has 6 heteroatoms. The standard InChI is InChI=1S/C15H13F2N3O/c16-15(17)8-11(9-4-2-1-3-5-9)20-14(15)18-13(19-20)12(21)10-6-7-10/h1-5,10-11H,6-8H2/t11-/m0/s1. The highest BCUT2D eigenvalue weighted by atomic mass is 19.3. The third kappa shape index (κ3) is 1.97. The fraction of sp³-hybridized carbons (Fsp3) is 0.400. The van der Waals surface area contributed by atoms with Crippen molar-refractivity contribution in [2.24, 2.45) is 5.92 Å². The minimum absolute atomic E-state index is 0.0622. The number of ketones is 1. The molecule has 0 bridgehead atoms. The second-order valence-corrected chi connectivity index (χ2v) is 5.68. The molecule has 1 aromatic carbocycles. The molecule has 1 saturated carbocycles. The number of nitrogens with zero attached hydrogens (tertiary/aromatic N) is 3. The molecule has 2 aromatic rings. The number of benzene rings is 1. The van der Waals surface area contributed by atoms with Gasteiger partial charge >= 0.3 is 5.92 Å². The van der Waals surface area contributed by atoms with Crippen LogP contribution < -0.4 is 0 Å². The van der Waals surface area contributed by atoms with Crippen LogP contribution >= 0.6 is 0 Å². The molecule has 4 rings (SSSR count). The van der Waals surface area contributed by atoms with Crippen molar-refractivity contribution in [1.82, 2.24) is 14.8 Å². The van der Waals surface area contributed by atoms with Gasteiger partial charge in [-0.25, -0.2) is 9.67 Å². The predicted octanol–water partition coefficient (Wildman–Crippen LogP) is 2.96. The SMILES string of the molecule is O=C(c1nc2n(n1)[C@H](c1ccccc1)CC2(F)F)C1CC1. The summed E-state index contributed by atoms with van der Waals surface area (Å²) >= 11 is 0. The van der Waals surface area contributed by atoms with E-state index in [1.54, 1.807) is 24.3 Å². The molecule has 0 spiro atoms. The van der Waals surface area contributed by atoms with E-state index in [0.29, 0.717) is 0 Å². The average Bonchev–Trinajstić information content (AvgIpc) is 3.17. The van der Waals surface area contributed by atoms with E-state index >= 15 is 0 Å². The molecule has 1 fully saturated rings. The predicted molar refractivity (Wildman–Crippen MR) is 70.2 cm³/mol. The van der Waals surface area contributed by atoms with Gasteiger partial charge in [-0.3, -0.25) is 4.79 Å². The van der Waals surface area contributed by atoms with Crippen molar-refractivity contribution in [2.45, 2.75) is 31.2 Å². The van der Waals surface area contributed by atoms with Crippen LogP contribution in [0.2, 0.25) is 0 Å².